The molecule has 0 fully saturated rings. The number of nitrogens with one attached hydrogen (secondary N) is 2. The Hall–Kier alpha value is -1.91. The zero-order chi connectivity index (χ0) is 15.1. The van der Waals surface area contributed by atoms with Gasteiger partial charge in [-0.3, -0.25) is 4.79 Å². The van der Waals surface area contributed by atoms with E-state index in [2.05, 4.69) is 10.6 Å². The summed E-state index contributed by atoms with van der Waals surface area (Å²) in [5.74, 6) is -0.487. The van der Waals surface area contributed by atoms with Crippen molar-refractivity contribution >= 4 is 17.5 Å². The predicted octanol–water partition coefficient (Wildman–Crippen LogP) is 2.89. The number of amides is 1. The molecule has 0 saturated heterocycles. The van der Waals surface area contributed by atoms with E-state index in [1.54, 1.807) is 30.3 Å². The van der Waals surface area contributed by atoms with Gasteiger partial charge in [-0.2, -0.15) is 0 Å². The Morgan fingerprint density at radius 2 is 1.76 bits per heavy atom. The van der Waals surface area contributed by atoms with E-state index in [9.17, 15) is 9.18 Å². The van der Waals surface area contributed by atoms with Crippen molar-refractivity contribution in [2.24, 2.45) is 0 Å². The van der Waals surface area contributed by atoms with Gasteiger partial charge in [0, 0.05) is 23.7 Å². The van der Waals surface area contributed by atoms with Gasteiger partial charge in [0.1, 0.15) is 5.82 Å². The van der Waals surface area contributed by atoms with Crippen LogP contribution in [0.1, 0.15) is 11.1 Å². The number of hydrogen-bond acceptors (Lipinski definition) is 2. The van der Waals surface area contributed by atoms with Crippen molar-refractivity contribution in [3.05, 3.63) is 70.5 Å². The molecule has 1 amide bonds. The Morgan fingerprint density at radius 1 is 1.05 bits per heavy atom. The second-order valence-corrected chi connectivity index (χ2v) is 5.03. The second kappa shape index (κ2) is 7.76. The van der Waals surface area contributed by atoms with E-state index in [-0.39, 0.29) is 24.8 Å². The molecule has 2 N–H and O–H groups in total. The van der Waals surface area contributed by atoms with E-state index in [0.717, 1.165) is 5.56 Å². The summed E-state index contributed by atoms with van der Waals surface area (Å²) < 4.78 is 13.4. The van der Waals surface area contributed by atoms with Gasteiger partial charge in [0.2, 0.25) is 5.91 Å². The number of rotatable bonds is 6. The molecule has 0 spiro atoms. The number of hydrogen-bond donors (Lipinski definition) is 2. The van der Waals surface area contributed by atoms with Gasteiger partial charge in [-0.25, -0.2) is 4.39 Å². The average Bonchev–Trinajstić information content (AvgIpc) is 2.48. The Labute approximate surface area is 128 Å². The van der Waals surface area contributed by atoms with Gasteiger partial charge in [-0.1, -0.05) is 41.9 Å². The Bertz CT molecular complexity index is 601. The molecule has 0 heterocycles. The first-order valence-electron chi connectivity index (χ1n) is 6.60. The predicted molar refractivity (Wildman–Crippen MR) is 81.4 cm³/mol. The molecule has 0 radical (unpaired) electrons. The minimum Gasteiger partial charge on any atom is -0.351 e. The van der Waals surface area contributed by atoms with Crippen LogP contribution in [0.4, 0.5) is 4.39 Å². The lowest BCUT2D eigenvalue weighted by Gasteiger charge is -2.07. The van der Waals surface area contributed by atoms with Crippen molar-refractivity contribution in [1.29, 1.82) is 0 Å². The second-order valence-electron chi connectivity index (χ2n) is 4.60. The van der Waals surface area contributed by atoms with E-state index in [1.165, 1.54) is 6.07 Å². The number of benzene rings is 2. The summed E-state index contributed by atoms with van der Waals surface area (Å²) >= 11 is 5.79. The first kappa shape index (κ1) is 15.5. The SMILES string of the molecule is O=C(CNCc1ccc(Cl)cc1)NCc1ccccc1F. The van der Waals surface area contributed by atoms with Crippen LogP contribution in [-0.2, 0) is 17.9 Å². The molecule has 2 rings (SSSR count). The van der Waals surface area contributed by atoms with Gasteiger partial charge in [-0.05, 0) is 23.8 Å². The first-order valence-corrected chi connectivity index (χ1v) is 6.98. The van der Waals surface area contributed by atoms with Gasteiger partial charge < -0.3 is 10.6 Å². The molecular weight excluding hydrogens is 291 g/mol. The summed E-state index contributed by atoms with van der Waals surface area (Å²) in [7, 11) is 0. The highest BCUT2D eigenvalue weighted by atomic mass is 35.5. The third-order valence-electron chi connectivity index (χ3n) is 2.96. The molecule has 2 aromatic carbocycles. The standard InChI is InChI=1S/C16H16ClFN2O/c17-14-7-5-12(6-8-14)9-19-11-16(21)20-10-13-3-1-2-4-15(13)18/h1-8,19H,9-11H2,(H,20,21). The zero-order valence-electron chi connectivity index (χ0n) is 11.4. The number of carbonyl (C=O) groups excluding carboxylic acids is 1. The third-order valence-corrected chi connectivity index (χ3v) is 3.21. The Balaban J connectivity index is 1.70. The van der Waals surface area contributed by atoms with Gasteiger partial charge in [0.15, 0.2) is 0 Å². The molecule has 21 heavy (non-hydrogen) atoms. The molecule has 3 nitrogen and oxygen atoms in total. The van der Waals surface area contributed by atoms with Crippen molar-refractivity contribution in [1.82, 2.24) is 10.6 Å². The topological polar surface area (TPSA) is 41.1 Å². The van der Waals surface area contributed by atoms with Gasteiger partial charge >= 0.3 is 0 Å². The van der Waals surface area contributed by atoms with Crippen LogP contribution in [0.2, 0.25) is 5.02 Å². The van der Waals surface area contributed by atoms with Crippen molar-refractivity contribution in [2.45, 2.75) is 13.1 Å². The number of carbonyl (C=O) groups is 1. The highest BCUT2D eigenvalue weighted by molar-refractivity contribution is 6.30. The molecule has 5 heteroatoms. The van der Waals surface area contributed by atoms with Crippen LogP contribution >= 0.6 is 11.6 Å². The van der Waals surface area contributed by atoms with Crippen LogP contribution < -0.4 is 10.6 Å². The summed E-state index contributed by atoms with van der Waals surface area (Å²) in [6.45, 7) is 0.940. The molecular formula is C16H16ClFN2O. The maximum absolute atomic E-state index is 13.4. The highest BCUT2D eigenvalue weighted by Crippen LogP contribution is 2.09. The molecule has 110 valence electrons. The van der Waals surface area contributed by atoms with Gasteiger partial charge in [0.25, 0.3) is 0 Å². The van der Waals surface area contributed by atoms with Crippen LogP contribution in [0.15, 0.2) is 48.5 Å². The van der Waals surface area contributed by atoms with E-state index in [1.807, 2.05) is 12.1 Å². The monoisotopic (exact) mass is 306 g/mol. The van der Waals surface area contributed by atoms with E-state index in [4.69, 9.17) is 11.6 Å². The summed E-state index contributed by atoms with van der Waals surface area (Å²) in [6, 6.07) is 13.8. The zero-order valence-corrected chi connectivity index (χ0v) is 12.2. The fourth-order valence-electron chi connectivity index (χ4n) is 1.82. The lowest BCUT2D eigenvalue weighted by Crippen LogP contribution is -2.33. The van der Waals surface area contributed by atoms with Crippen LogP contribution in [-0.4, -0.2) is 12.5 Å². The molecule has 0 aliphatic heterocycles. The average molecular weight is 307 g/mol. The smallest absolute Gasteiger partial charge is 0.234 e. The molecule has 0 saturated carbocycles. The van der Waals surface area contributed by atoms with Crippen LogP contribution in [0.5, 0.6) is 0 Å². The molecule has 0 aliphatic rings. The quantitative estimate of drug-likeness (QED) is 0.861. The summed E-state index contributed by atoms with van der Waals surface area (Å²) in [6.07, 6.45) is 0. The summed E-state index contributed by atoms with van der Waals surface area (Å²) in [5.41, 5.74) is 1.52. The van der Waals surface area contributed by atoms with E-state index in [0.29, 0.717) is 17.1 Å². The molecule has 0 aromatic heterocycles. The van der Waals surface area contributed by atoms with Crippen molar-refractivity contribution in [3.63, 3.8) is 0 Å². The summed E-state index contributed by atoms with van der Waals surface area (Å²) in [5, 5.41) is 6.38. The first-order chi connectivity index (χ1) is 10.1. The molecule has 0 aliphatic carbocycles. The van der Waals surface area contributed by atoms with Crippen LogP contribution in [0, 0.1) is 5.82 Å². The van der Waals surface area contributed by atoms with E-state index >= 15 is 0 Å². The largest absolute Gasteiger partial charge is 0.351 e. The Morgan fingerprint density at radius 3 is 2.48 bits per heavy atom. The Kier molecular flexibility index (Phi) is 5.72. The fraction of sp³-hybridized carbons (Fsp3) is 0.188. The minimum atomic E-state index is -0.313. The lowest BCUT2D eigenvalue weighted by molar-refractivity contribution is -0.120. The van der Waals surface area contributed by atoms with Gasteiger partial charge in [0.05, 0.1) is 6.54 Å². The third kappa shape index (κ3) is 5.17. The highest BCUT2D eigenvalue weighted by Gasteiger charge is 2.04. The molecule has 2 aromatic rings. The fourth-order valence-corrected chi connectivity index (χ4v) is 1.95. The van der Waals surface area contributed by atoms with Crippen molar-refractivity contribution in [2.75, 3.05) is 6.54 Å². The normalized spacial score (nSPS) is 10.4. The number of halogens is 2. The molecule has 0 atom stereocenters. The molecule has 0 unspecified atom stereocenters. The maximum atomic E-state index is 13.4. The van der Waals surface area contributed by atoms with Crippen molar-refractivity contribution < 1.29 is 9.18 Å². The van der Waals surface area contributed by atoms with Crippen molar-refractivity contribution in [3.8, 4) is 0 Å². The van der Waals surface area contributed by atoms with E-state index < -0.39 is 0 Å². The summed E-state index contributed by atoms with van der Waals surface area (Å²) in [4.78, 5) is 11.7. The minimum absolute atomic E-state index is 0.174. The van der Waals surface area contributed by atoms with Crippen LogP contribution in [0.3, 0.4) is 0 Å². The lowest BCUT2D eigenvalue weighted by atomic mass is 10.2. The van der Waals surface area contributed by atoms with Gasteiger partial charge in [-0.15, -0.1) is 0 Å². The maximum Gasteiger partial charge on any atom is 0.234 e. The van der Waals surface area contributed by atoms with Crippen LogP contribution in [0.25, 0.3) is 0 Å². The molecule has 0 bridgehead atoms.